The van der Waals surface area contributed by atoms with Gasteiger partial charge >= 0.3 is 0 Å². The van der Waals surface area contributed by atoms with Crippen LogP contribution >= 0.6 is 11.3 Å². The second kappa shape index (κ2) is 6.43. The number of nitro groups is 2. The molecule has 0 aliphatic carbocycles. The van der Waals surface area contributed by atoms with E-state index in [1.54, 1.807) is 13.8 Å². The molecule has 1 heterocycles. The number of carbonyl (C=O) groups is 1. The van der Waals surface area contributed by atoms with Crippen molar-refractivity contribution in [2.45, 2.75) is 13.8 Å². The lowest BCUT2D eigenvalue weighted by atomic mass is 10.1. The monoisotopic (exact) mass is 346 g/mol. The van der Waals surface area contributed by atoms with E-state index in [1.165, 1.54) is 11.3 Å². The van der Waals surface area contributed by atoms with Gasteiger partial charge in [0.25, 0.3) is 17.3 Å². The van der Waals surface area contributed by atoms with E-state index in [-0.39, 0.29) is 16.1 Å². The molecule has 2 aromatic rings. The first-order valence-electron chi connectivity index (χ1n) is 6.50. The molecular formula is C14H10N4O5S. The number of hydrogen-bond acceptors (Lipinski definition) is 7. The number of rotatable bonds is 4. The molecule has 0 aliphatic rings. The lowest BCUT2D eigenvalue weighted by Crippen LogP contribution is -2.14. The molecule has 1 N–H and O–H groups in total. The van der Waals surface area contributed by atoms with Crippen LogP contribution < -0.4 is 5.32 Å². The maximum absolute atomic E-state index is 12.3. The summed E-state index contributed by atoms with van der Waals surface area (Å²) in [6.07, 6.45) is 0. The van der Waals surface area contributed by atoms with E-state index in [4.69, 9.17) is 5.26 Å². The minimum Gasteiger partial charge on any atom is -0.312 e. The minimum atomic E-state index is -0.863. The van der Waals surface area contributed by atoms with Crippen LogP contribution in [0.2, 0.25) is 0 Å². The maximum Gasteiger partial charge on any atom is 0.289 e. The third-order valence-electron chi connectivity index (χ3n) is 3.36. The fourth-order valence-electron chi connectivity index (χ4n) is 2.00. The number of aryl methyl sites for hydroxylation is 1. The number of nitriles is 1. The molecule has 1 aromatic heterocycles. The molecule has 24 heavy (non-hydrogen) atoms. The Labute approximate surface area is 139 Å². The summed E-state index contributed by atoms with van der Waals surface area (Å²) in [5.74, 6) is -0.811. The molecule has 0 aliphatic heterocycles. The predicted octanol–water partition coefficient (Wildman–Crippen LogP) is 3.31. The number of non-ortho nitro benzene ring substituents is 1. The second-order valence-corrected chi connectivity index (χ2v) is 5.99. The number of nitrogens with one attached hydrogen (secondary N) is 1. The van der Waals surface area contributed by atoms with Crippen molar-refractivity contribution in [1.82, 2.24) is 0 Å². The Kier molecular flexibility index (Phi) is 4.57. The van der Waals surface area contributed by atoms with Crippen LogP contribution in [-0.4, -0.2) is 15.8 Å². The Morgan fingerprint density at radius 3 is 2.46 bits per heavy atom. The molecule has 9 nitrogen and oxygen atoms in total. The lowest BCUT2D eigenvalue weighted by Gasteiger charge is -2.04. The van der Waals surface area contributed by atoms with Crippen LogP contribution in [0.25, 0.3) is 0 Å². The van der Waals surface area contributed by atoms with Crippen molar-refractivity contribution in [1.29, 1.82) is 5.26 Å². The first-order chi connectivity index (χ1) is 11.3. The van der Waals surface area contributed by atoms with Crippen molar-refractivity contribution in [2.24, 2.45) is 0 Å². The van der Waals surface area contributed by atoms with E-state index < -0.39 is 27.1 Å². The van der Waals surface area contributed by atoms with E-state index in [1.807, 2.05) is 6.07 Å². The maximum atomic E-state index is 12.3. The Morgan fingerprint density at radius 1 is 1.25 bits per heavy atom. The highest BCUT2D eigenvalue weighted by molar-refractivity contribution is 7.16. The van der Waals surface area contributed by atoms with Gasteiger partial charge in [0, 0.05) is 10.9 Å². The zero-order valence-corrected chi connectivity index (χ0v) is 13.3. The van der Waals surface area contributed by atoms with Gasteiger partial charge in [-0.1, -0.05) is 0 Å². The molecule has 0 unspecified atom stereocenters. The fourth-order valence-corrected chi connectivity index (χ4v) is 3.00. The quantitative estimate of drug-likeness (QED) is 0.665. The molecule has 0 saturated carbocycles. The summed E-state index contributed by atoms with van der Waals surface area (Å²) in [5.41, 5.74) is -0.478. The molecule has 0 bridgehead atoms. The van der Waals surface area contributed by atoms with E-state index in [0.29, 0.717) is 0 Å². The zero-order chi connectivity index (χ0) is 18.0. The van der Waals surface area contributed by atoms with Gasteiger partial charge in [-0.15, -0.1) is 11.3 Å². The molecule has 1 aromatic carbocycles. The Bertz CT molecular complexity index is 913. The Hall–Kier alpha value is -3.32. The third kappa shape index (κ3) is 3.06. The van der Waals surface area contributed by atoms with Crippen molar-refractivity contribution in [3.63, 3.8) is 0 Å². The van der Waals surface area contributed by atoms with Crippen LogP contribution in [0.1, 0.15) is 26.4 Å². The average molecular weight is 346 g/mol. The van der Waals surface area contributed by atoms with Crippen LogP contribution in [0, 0.1) is 45.4 Å². The molecule has 0 atom stereocenters. The van der Waals surface area contributed by atoms with Crippen LogP contribution in [-0.2, 0) is 0 Å². The van der Waals surface area contributed by atoms with Crippen molar-refractivity contribution in [3.8, 4) is 6.07 Å². The molecule has 0 saturated heterocycles. The highest BCUT2D eigenvalue weighted by atomic mass is 32.1. The highest BCUT2D eigenvalue weighted by Crippen LogP contribution is 2.33. The van der Waals surface area contributed by atoms with Gasteiger partial charge in [0.2, 0.25) is 0 Å². The normalized spacial score (nSPS) is 10.0. The summed E-state index contributed by atoms with van der Waals surface area (Å²) in [5, 5.41) is 33.7. The molecule has 10 heteroatoms. The summed E-state index contributed by atoms with van der Waals surface area (Å²) in [6.45, 7) is 3.51. The Balaban J connectivity index is 2.44. The summed E-state index contributed by atoms with van der Waals surface area (Å²) < 4.78 is 0. The van der Waals surface area contributed by atoms with Gasteiger partial charge in [-0.25, -0.2) is 0 Å². The number of amides is 1. The molecule has 1 amide bonds. The minimum absolute atomic E-state index is 0.283. The van der Waals surface area contributed by atoms with E-state index >= 15 is 0 Å². The van der Waals surface area contributed by atoms with Gasteiger partial charge in [-0.05, 0) is 25.5 Å². The van der Waals surface area contributed by atoms with Crippen LogP contribution in [0.4, 0.5) is 16.4 Å². The topological polar surface area (TPSA) is 139 Å². The highest BCUT2D eigenvalue weighted by Gasteiger charge is 2.25. The van der Waals surface area contributed by atoms with Gasteiger partial charge in [0.15, 0.2) is 0 Å². The van der Waals surface area contributed by atoms with Gasteiger partial charge in [-0.2, -0.15) is 5.26 Å². The molecule has 0 radical (unpaired) electrons. The number of nitro benzene ring substituents is 2. The van der Waals surface area contributed by atoms with Gasteiger partial charge in [-0.3, -0.25) is 25.0 Å². The number of nitrogens with zero attached hydrogens (tertiary/aromatic N) is 3. The number of hydrogen-bond donors (Lipinski definition) is 1. The number of carbonyl (C=O) groups excluding carboxylic acids is 1. The van der Waals surface area contributed by atoms with Gasteiger partial charge in [0.05, 0.1) is 21.5 Å². The predicted molar refractivity (Wildman–Crippen MR) is 86.2 cm³/mol. The zero-order valence-electron chi connectivity index (χ0n) is 12.5. The second-order valence-electron chi connectivity index (χ2n) is 4.77. The van der Waals surface area contributed by atoms with Crippen molar-refractivity contribution < 1.29 is 14.6 Å². The summed E-state index contributed by atoms with van der Waals surface area (Å²) in [6, 6.07) is 4.73. The van der Waals surface area contributed by atoms with E-state index in [2.05, 4.69) is 5.32 Å². The molecule has 122 valence electrons. The van der Waals surface area contributed by atoms with Crippen molar-refractivity contribution in [2.75, 3.05) is 5.32 Å². The standard InChI is InChI=1S/C14H10N4O5S/c1-7-8(2)24-14(11(7)6-15)16-13(19)10-4-3-9(17(20)21)5-12(10)18(22)23/h3-5H,1-2H3,(H,16,19). The number of benzene rings is 1. The van der Waals surface area contributed by atoms with Gasteiger partial charge in [0.1, 0.15) is 16.6 Å². The van der Waals surface area contributed by atoms with Crippen LogP contribution in [0.5, 0.6) is 0 Å². The van der Waals surface area contributed by atoms with Crippen LogP contribution in [0.3, 0.4) is 0 Å². The van der Waals surface area contributed by atoms with Crippen molar-refractivity contribution in [3.05, 3.63) is 60.0 Å². The van der Waals surface area contributed by atoms with E-state index in [9.17, 15) is 25.0 Å². The van der Waals surface area contributed by atoms with E-state index in [0.717, 1.165) is 28.6 Å². The smallest absolute Gasteiger partial charge is 0.289 e. The summed E-state index contributed by atoms with van der Waals surface area (Å²) in [4.78, 5) is 33.3. The average Bonchev–Trinajstić information content (AvgIpc) is 2.80. The molecule has 0 fully saturated rings. The fraction of sp³-hybridized carbons (Fsp3) is 0.143. The molecule has 2 rings (SSSR count). The lowest BCUT2D eigenvalue weighted by molar-refractivity contribution is -0.394. The van der Waals surface area contributed by atoms with Crippen molar-refractivity contribution >= 4 is 33.6 Å². The van der Waals surface area contributed by atoms with Crippen LogP contribution in [0.15, 0.2) is 18.2 Å². The van der Waals surface area contributed by atoms with Gasteiger partial charge < -0.3 is 5.32 Å². The molecular weight excluding hydrogens is 336 g/mol. The SMILES string of the molecule is Cc1sc(NC(=O)c2ccc([N+](=O)[O-])cc2[N+](=O)[O-])c(C#N)c1C. The summed E-state index contributed by atoms with van der Waals surface area (Å²) in [7, 11) is 0. The summed E-state index contributed by atoms with van der Waals surface area (Å²) >= 11 is 1.18. The third-order valence-corrected chi connectivity index (χ3v) is 4.48. The molecule has 0 spiro atoms. The number of anilines is 1. The Morgan fingerprint density at radius 2 is 1.92 bits per heavy atom. The largest absolute Gasteiger partial charge is 0.312 e. The first-order valence-corrected chi connectivity index (χ1v) is 7.32. The number of thiophene rings is 1. The first kappa shape index (κ1) is 17.0.